The summed E-state index contributed by atoms with van der Waals surface area (Å²) in [5, 5.41) is 2.35. The fourth-order valence-electron chi connectivity index (χ4n) is 1.21. The van der Waals surface area contributed by atoms with Crippen LogP contribution < -0.4 is 5.32 Å². The highest BCUT2D eigenvalue weighted by molar-refractivity contribution is 6.00. The molecule has 0 bridgehead atoms. The maximum atomic E-state index is 11.6. The van der Waals surface area contributed by atoms with E-state index in [0.29, 0.717) is 5.56 Å². The molecule has 0 unspecified atom stereocenters. The van der Waals surface area contributed by atoms with Crippen LogP contribution in [0.3, 0.4) is 0 Å². The topological polar surface area (TPSA) is 55.4 Å². The molecule has 0 atom stereocenters. The highest BCUT2D eigenvalue weighted by Crippen LogP contribution is 2.06. The summed E-state index contributed by atoms with van der Waals surface area (Å²) in [4.78, 5) is 22.4. The summed E-state index contributed by atoms with van der Waals surface area (Å²) in [6.45, 7) is 1.81. The molecule has 80 valence electrons. The fraction of sp³-hybridized carbons (Fsp3) is 0.273. The number of hydrogen-bond acceptors (Lipinski definition) is 3. The van der Waals surface area contributed by atoms with Gasteiger partial charge in [-0.05, 0) is 12.5 Å². The fourth-order valence-corrected chi connectivity index (χ4v) is 1.21. The lowest BCUT2D eigenvalue weighted by Crippen LogP contribution is -2.29. The summed E-state index contributed by atoms with van der Waals surface area (Å²) in [7, 11) is 1.26. The first kappa shape index (κ1) is 11.2. The Morgan fingerprint density at radius 3 is 2.60 bits per heavy atom. The molecule has 4 nitrogen and oxygen atoms in total. The molecule has 0 aliphatic rings. The molecule has 4 heteroatoms. The Kier molecular flexibility index (Phi) is 3.85. The third-order valence-electron chi connectivity index (χ3n) is 2.02. The Balaban J connectivity index is 2.62. The largest absolute Gasteiger partial charge is 0.453 e. The predicted molar refractivity (Wildman–Crippen MR) is 55.9 cm³/mol. The van der Waals surface area contributed by atoms with Crippen LogP contribution in [0.5, 0.6) is 0 Å². The van der Waals surface area contributed by atoms with E-state index in [4.69, 9.17) is 0 Å². The van der Waals surface area contributed by atoms with Crippen molar-refractivity contribution < 1.29 is 14.3 Å². The highest BCUT2D eigenvalue weighted by Gasteiger charge is 2.09. The van der Waals surface area contributed by atoms with Crippen molar-refractivity contribution in [3.05, 3.63) is 35.4 Å². The van der Waals surface area contributed by atoms with Gasteiger partial charge in [0.25, 0.3) is 0 Å². The van der Waals surface area contributed by atoms with Gasteiger partial charge in [-0.3, -0.25) is 4.79 Å². The van der Waals surface area contributed by atoms with E-state index in [2.05, 4.69) is 10.1 Å². The number of nitrogens with one attached hydrogen (secondary N) is 1. The second-order valence-electron chi connectivity index (χ2n) is 3.08. The molecule has 0 aromatic heterocycles. The highest BCUT2D eigenvalue weighted by atomic mass is 16.5. The minimum Gasteiger partial charge on any atom is -0.453 e. The van der Waals surface area contributed by atoms with Gasteiger partial charge >= 0.3 is 6.09 Å². The molecule has 0 spiro atoms. The zero-order valence-corrected chi connectivity index (χ0v) is 8.74. The van der Waals surface area contributed by atoms with Gasteiger partial charge in [-0.2, -0.15) is 0 Å². The smallest absolute Gasteiger partial charge is 0.407 e. The van der Waals surface area contributed by atoms with Gasteiger partial charge in [0.2, 0.25) is 0 Å². The van der Waals surface area contributed by atoms with Gasteiger partial charge in [0.15, 0.2) is 5.78 Å². The quantitative estimate of drug-likeness (QED) is 0.765. The number of carbonyl (C=O) groups is 2. The normalized spacial score (nSPS) is 9.47. The molecule has 0 fully saturated rings. The third-order valence-corrected chi connectivity index (χ3v) is 2.02. The molecule has 1 aromatic rings. The van der Waals surface area contributed by atoms with Gasteiger partial charge in [-0.25, -0.2) is 4.79 Å². The Hall–Kier alpha value is -1.84. The van der Waals surface area contributed by atoms with E-state index in [9.17, 15) is 9.59 Å². The average Bonchev–Trinajstić information content (AvgIpc) is 2.26. The molecule has 0 aliphatic carbocycles. The number of aryl methyl sites for hydroxylation is 1. The second kappa shape index (κ2) is 5.14. The van der Waals surface area contributed by atoms with Crippen LogP contribution in [-0.4, -0.2) is 25.5 Å². The second-order valence-corrected chi connectivity index (χ2v) is 3.08. The molecule has 1 aromatic carbocycles. The van der Waals surface area contributed by atoms with Gasteiger partial charge in [0.05, 0.1) is 13.7 Å². The van der Waals surface area contributed by atoms with Gasteiger partial charge in [-0.15, -0.1) is 0 Å². The van der Waals surface area contributed by atoms with E-state index in [1.165, 1.54) is 7.11 Å². The first-order valence-electron chi connectivity index (χ1n) is 4.56. The van der Waals surface area contributed by atoms with Crippen LogP contribution in [0, 0.1) is 6.92 Å². The number of benzene rings is 1. The molecule has 0 radical (unpaired) electrons. The number of ketones is 1. The molecule has 0 saturated carbocycles. The summed E-state index contributed by atoms with van der Waals surface area (Å²) in [6, 6.07) is 7.24. The van der Waals surface area contributed by atoms with Crippen LogP contribution >= 0.6 is 0 Å². The van der Waals surface area contributed by atoms with E-state index >= 15 is 0 Å². The zero-order chi connectivity index (χ0) is 11.3. The average molecular weight is 207 g/mol. The summed E-state index contributed by atoms with van der Waals surface area (Å²) in [6.07, 6.45) is -0.600. The number of Topliss-reactive ketones (excluding diaryl/α,β-unsaturated/α-hetero) is 1. The Morgan fingerprint density at radius 1 is 1.33 bits per heavy atom. The third kappa shape index (κ3) is 3.09. The number of rotatable bonds is 3. The molecule has 0 saturated heterocycles. The first-order valence-corrected chi connectivity index (χ1v) is 4.56. The van der Waals surface area contributed by atoms with Crippen LogP contribution in [0.15, 0.2) is 24.3 Å². The van der Waals surface area contributed by atoms with Crippen molar-refractivity contribution in [2.75, 3.05) is 13.7 Å². The monoisotopic (exact) mass is 207 g/mol. The van der Waals surface area contributed by atoms with Crippen molar-refractivity contribution in [1.82, 2.24) is 5.32 Å². The lowest BCUT2D eigenvalue weighted by Gasteiger charge is -2.05. The number of carbonyl (C=O) groups excluding carboxylic acids is 2. The van der Waals surface area contributed by atoms with Gasteiger partial charge < -0.3 is 10.1 Å². The van der Waals surface area contributed by atoms with E-state index in [1.54, 1.807) is 12.1 Å². The van der Waals surface area contributed by atoms with Crippen LogP contribution in [0.2, 0.25) is 0 Å². The van der Waals surface area contributed by atoms with E-state index < -0.39 is 6.09 Å². The van der Waals surface area contributed by atoms with Crippen LogP contribution in [-0.2, 0) is 4.74 Å². The Labute approximate surface area is 88.2 Å². The van der Waals surface area contributed by atoms with Crippen molar-refractivity contribution in [1.29, 1.82) is 0 Å². The summed E-state index contributed by atoms with van der Waals surface area (Å²) < 4.78 is 4.36. The SMILES string of the molecule is COC(=O)NCC(=O)c1ccccc1C. The van der Waals surface area contributed by atoms with Gasteiger partial charge in [0, 0.05) is 5.56 Å². The molecular formula is C11H13NO3. The van der Waals surface area contributed by atoms with E-state index in [-0.39, 0.29) is 12.3 Å². The van der Waals surface area contributed by atoms with Crippen molar-refractivity contribution in [2.45, 2.75) is 6.92 Å². The molecule has 0 aliphatic heterocycles. The molecule has 1 amide bonds. The van der Waals surface area contributed by atoms with Gasteiger partial charge in [-0.1, -0.05) is 24.3 Å². The minimum atomic E-state index is -0.600. The van der Waals surface area contributed by atoms with Crippen LogP contribution in [0.1, 0.15) is 15.9 Å². The predicted octanol–water partition coefficient (Wildman–Crippen LogP) is 1.53. The number of methoxy groups -OCH3 is 1. The molecule has 1 rings (SSSR count). The van der Waals surface area contributed by atoms with Crippen LogP contribution in [0.25, 0.3) is 0 Å². The first-order chi connectivity index (χ1) is 7.15. The summed E-state index contributed by atoms with van der Waals surface area (Å²) in [5.41, 5.74) is 1.52. The van der Waals surface area contributed by atoms with Crippen molar-refractivity contribution >= 4 is 11.9 Å². The summed E-state index contributed by atoms with van der Waals surface area (Å²) in [5.74, 6) is -0.126. The van der Waals surface area contributed by atoms with Gasteiger partial charge in [0.1, 0.15) is 0 Å². The number of ether oxygens (including phenoxy) is 1. The maximum absolute atomic E-state index is 11.6. The van der Waals surface area contributed by atoms with Crippen molar-refractivity contribution in [2.24, 2.45) is 0 Å². The lowest BCUT2D eigenvalue weighted by molar-refractivity contribution is 0.0983. The molecule has 15 heavy (non-hydrogen) atoms. The molecular weight excluding hydrogens is 194 g/mol. The number of alkyl carbamates (subject to hydrolysis) is 1. The van der Waals surface area contributed by atoms with E-state index in [1.807, 2.05) is 19.1 Å². The Bertz CT molecular complexity index is 374. The molecule has 0 heterocycles. The van der Waals surface area contributed by atoms with Crippen molar-refractivity contribution in [3.63, 3.8) is 0 Å². The zero-order valence-electron chi connectivity index (χ0n) is 8.74. The van der Waals surface area contributed by atoms with E-state index in [0.717, 1.165) is 5.56 Å². The van der Waals surface area contributed by atoms with Crippen LogP contribution in [0.4, 0.5) is 4.79 Å². The van der Waals surface area contributed by atoms with Crippen molar-refractivity contribution in [3.8, 4) is 0 Å². The standard InChI is InChI=1S/C11H13NO3/c1-8-5-3-4-6-9(8)10(13)7-12-11(14)15-2/h3-6H,7H2,1-2H3,(H,12,14). The summed E-state index contributed by atoms with van der Waals surface area (Å²) >= 11 is 0. The maximum Gasteiger partial charge on any atom is 0.407 e. The number of amides is 1. The minimum absolute atomic E-state index is 0.0441. The number of hydrogen-bond donors (Lipinski definition) is 1. The lowest BCUT2D eigenvalue weighted by atomic mass is 10.1. The Morgan fingerprint density at radius 2 is 2.00 bits per heavy atom. The molecule has 1 N–H and O–H groups in total.